The smallest absolute Gasteiger partial charge is 0.239 e. The Labute approximate surface area is 104 Å². The second kappa shape index (κ2) is 6.55. The van der Waals surface area contributed by atoms with Gasteiger partial charge in [0.05, 0.1) is 19.0 Å². The maximum absolute atomic E-state index is 13.5. The van der Waals surface area contributed by atoms with Gasteiger partial charge in [0.2, 0.25) is 5.91 Å². The molecule has 0 saturated heterocycles. The summed E-state index contributed by atoms with van der Waals surface area (Å²) in [7, 11) is 0. The lowest BCUT2D eigenvalue weighted by Gasteiger charge is -2.10. The summed E-state index contributed by atoms with van der Waals surface area (Å²) in [6.45, 7) is 1.48. The van der Waals surface area contributed by atoms with E-state index < -0.39 is 17.5 Å². The molecule has 18 heavy (non-hydrogen) atoms. The van der Waals surface area contributed by atoms with E-state index in [1.165, 1.54) is 13.0 Å². The van der Waals surface area contributed by atoms with E-state index in [9.17, 15) is 13.6 Å². The van der Waals surface area contributed by atoms with Gasteiger partial charge in [-0.2, -0.15) is 5.26 Å². The van der Waals surface area contributed by atoms with Gasteiger partial charge in [-0.1, -0.05) is 6.07 Å². The molecular formula is C12H13F2N3O. The average Bonchev–Trinajstić information content (AvgIpc) is 2.34. The Hall–Kier alpha value is -2.16. The summed E-state index contributed by atoms with van der Waals surface area (Å²) < 4.78 is 26.9. The Bertz CT molecular complexity index is 483. The number of rotatable bonds is 5. The molecule has 0 aliphatic heterocycles. The molecule has 1 rings (SSSR count). The van der Waals surface area contributed by atoms with E-state index in [1.807, 2.05) is 6.07 Å². The second-order valence-electron chi connectivity index (χ2n) is 3.66. The van der Waals surface area contributed by atoms with Crippen LogP contribution in [-0.2, 0) is 4.79 Å². The van der Waals surface area contributed by atoms with Gasteiger partial charge in [-0.3, -0.25) is 4.79 Å². The Morgan fingerprint density at radius 1 is 1.44 bits per heavy atom. The lowest BCUT2D eigenvalue weighted by molar-refractivity contribution is -0.119. The largest absolute Gasteiger partial charge is 0.371 e. The molecule has 0 atom stereocenters. The highest BCUT2D eigenvalue weighted by atomic mass is 19.1. The Kier molecular flexibility index (Phi) is 5.06. The first-order valence-electron chi connectivity index (χ1n) is 5.38. The first-order chi connectivity index (χ1) is 8.56. The SMILES string of the molecule is Cc1ccc(F)c(NCC(=O)NCCC#N)c1F. The molecule has 0 aliphatic carbocycles. The molecule has 0 spiro atoms. The zero-order chi connectivity index (χ0) is 13.5. The van der Waals surface area contributed by atoms with Crippen LogP contribution in [-0.4, -0.2) is 19.0 Å². The number of nitrogens with zero attached hydrogens (tertiary/aromatic N) is 1. The molecule has 0 unspecified atom stereocenters. The van der Waals surface area contributed by atoms with Gasteiger partial charge < -0.3 is 10.6 Å². The lowest BCUT2D eigenvalue weighted by atomic mass is 10.2. The van der Waals surface area contributed by atoms with Crippen molar-refractivity contribution in [1.29, 1.82) is 5.26 Å². The number of nitriles is 1. The van der Waals surface area contributed by atoms with Crippen molar-refractivity contribution >= 4 is 11.6 Å². The normalized spacial score (nSPS) is 9.67. The molecule has 0 saturated carbocycles. The monoisotopic (exact) mass is 253 g/mol. The molecular weight excluding hydrogens is 240 g/mol. The predicted octanol–water partition coefficient (Wildman–Crippen LogP) is 1.71. The van der Waals surface area contributed by atoms with Gasteiger partial charge in [0.25, 0.3) is 0 Å². The van der Waals surface area contributed by atoms with Crippen LogP contribution in [0.2, 0.25) is 0 Å². The van der Waals surface area contributed by atoms with Gasteiger partial charge in [-0.15, -0.1) is 0 Å². The van der Waals surface area contributed by atoms with E-state index >= 15 is 0 Å². The van der Waals surface area contributed by atoms with Crippen molar-refractivity contribution in [2.24, 2.45) is 0 Å². The van der Waals surface area contributed by atoms with E-state index in [0.717, 1.165) is 6.07 Å². The summed E-state index contributed by atoms with van der Waals surface area (Å²) in [6, 6.07) is 4.32. The number of carbonyl (C=O) groups excluding carboxylic acids is 1. The number of anilines is 1. The van der Waals surface area contributed by atoms with Crippen molar-refractivity contribution in [2.45, 2.75) is 13.3 Å². The van der Waals surface area contributed by atoms with Crippen LogP contribution in [0.1, 0.15) is 12.0 Å². The first-order valence-corrected chi connectivity index (χ1v) is 5.38. The summed E-state index contributed by atoms with van der Waals surface area (Å²) in [5.74, 6) is -1.88. The molecule has 0 aliphatic rings. The quantitative estimate of drug-likeness (QED) is 0.785. The van der Waals surface area contributed by atoms with Crippen molar-refractivity contribution in [3.63, 3.8) is 0 Å². The number of halogens is 2. The third-order valence-corrected chi connectivity index (χ3v) is 2.27. The highest BCUT2D eigenvalue weighted by molar-refractivity contribution is 5.80. The number of benzene rings is 1. The first kappa shape index (κ1) is 13.9. The standard InChI is InChI=1S/C12H13F2N3O/c1-8-3-4-9(13)12(11(8)14)17-7-10(18)16-6-2-5-15/h3-4,17H,2,6-7H2,1H3,(H,16,18). The molecule has 0 aromatic heterocycles. The van der Waals surface area contributed by atoms with Gasteiger partial charge in [0.15, 0.2) is 5.82 Å². The highest BCUT2D eigenvalue weighted by Crippen LogP contribution is 2.21. The summed E-state index contributed by atoms with van der Waals surface area (Å²) in [6.07, 6.45) is 0.193. The average molecular weight is 253 g/mol. The number of carbonyl (C=O) groups is 1. The number of aryl methyl sites for hydroxylation is 1. The van der Waals surface area contributed by atoms with Crippen molar-refractivity contribution in [3.8, 4) is 6.07 Å². The molecule has 1 aromatic carbocycles. The Balaban J connectivity index is 2.56. The fourth-order valence-corrected chi connectivity index (χ4v) is 1.31. The zero-order valence-electron chi connectivity index (χ0n) is 9.89. The van der Waals surface area contributed by atoms with E-state index in [0.29, 0.717) is 5.56 Å². The third-order valence-electron chi connectivity index (χ3n) is 2.27. The van der Waals surface area contributed by atoms with Gasteiger partial charge in [-0.05, 0) is 18.6 Å². The summed E-state index contributed by atoms with van der Waals surface area (Å²) in [4.78, 5) is 11.3. The molecule has 2 N–H and O–H groups in total. The number of hydrogen-bond donors (Lipinski definition) is 2. The van der Waals surface area contributed by atoms with E-state index in [1.54, 1.807) is 0 Å². The molecule has 0 radical (unpaired) electrons. The second-order valence-corrected chi connectivity index (χ2v) is 3.66. The van der Waals surface area contributed by atoms with Crippen LogP contribution in [0.25, 0.3) is 0 Å². The minimum atomic E-state index is -0.747. The van der Waals surface area contributed by atoms with Gasteiger partial charge >= 0.3 is 0 Å². The maximum Gasteiger partial charge on any atom is 0.239 e. The highest BCUT2D eigenvalue weighted by Gasteiger charge is 2.12. The predicted molar refractivity (Wildman–Crippen MR) is 62.8 cm³/mol. The third kappa shape index (κ3) is 3.70. The van der Waals surface area contributed by atoms with E-state index in [2.05, 4.69) is 10.6 Å². The summed E-state index contributed by atoms with van der Waals surface area (Å²) in [5, 5.41) is 13.1. The topological polar surface area (TPSA) is 64.9 Å². The van der Waals surface area contributed by atoms with Crippen LogP contribution < -0.4 is 10.6 Å². The van der Waals surface area contributed by atoms with Crippen molar-refractivity contribution in [3.05, 3.63) is 29.3 Å². The molecule has 0 bridgehead atoms. The van der Waals surface area contributed by atoms with E-state index in [-0.39, 0.29) is 25.2 Å². The van der Waals surface area contributed by atoms with Crippen molar-refractivity contribution in [2.75, 3.05) is 18.4 Å². The van der Waals surface area contributed by atoms with Crippen LogP contribution in [0.15, 0.2) is 12.1 Å². The van der Waals surface area contributed by atoms with Gasteiger partial charge in [-0.25, -0.2) is 8.78 Å². The maximum atomic E-state index is 13.5. The molecule has 1 amide bonds. The Morgan fingerprint density at radius 3 is 2.83 bits per heavy atom. The number of hydrogen-bond acceptors (Lipinski definition) is 3. The lowest BCUT2D eigenvalue weighted by Crippen LogP contribution is -2.30. The van der Waals surface area contributed by atoms with E-state index in [4.69, 9.17) is 5.26 Å². The fraction of sp³-hybridized carbons (Fsp3) is 0.333. The zero-order valence-corrected chi connectivity index (χ0v) is 9.89. The van der Waals surface area contributed by atoms with Crippen LogP contribution >= 0.6 is 0 Å². The molecule has 0 heterocycles. The number of amides is 1. The van der Waals surface area contributed by atoms with Crippen LogP contribution in [0.4, 0.5) is 14.5 Å². The van der Waals surface area contributed by atoms with Crippen molar-refractivity contribution < 1.29 is 13.6 Å². The minimum absolute atomic E-state index is 0.193. The molecule has 4 nitrogen and oxygen atoms in total. The molecule has 6 heteroatoms. The van der Waals surface area contributed by atoms with Crippen molar-refractivity contribution in [1.82, 2.24) is 5.32 Å². The summed E-state index contributed by atoms with van der Waals surface area (Å²) >= 11 is 0. The fourth-order valence-electron chi connectivity index (χ4n) is 1.31. The van der Waals surface area contributed by atoms with Gasteiger partial charge in [0.1, 0.15) is 11.5 Å². The number of nitrogens with one attached hydrogen (secondary N) is 2. The summed E-state index contributed by atoms with van der Waals surface area (Å²) in [5.41, 5.74) is -0.0192. The van der Waals surface area contributed by atoms with Crippen LogP contribution in [0.5, 0.6) is 0 Å². The van der Waals surface area contributed by atoms with Crippen LogP contribution in [0.3, 0.4) is 0 Å². The molecule has 1 aromatic rings. The molecule has 0 fully saturated rings. The van der Waals surface area contributed by atoms with Gasteiger partial charge in [0, 0.05) is 6.54 Å². The molecule has 96 valence electrons. The minimum Gasteiger partial charge on any atom is -0.371 e. The van der Waals surface area contributed by atoms with Crippen LogP contribution in [0, 0.1) is 29.9 Å². The Morgan fingerprint density at radius 2 is 2.17 bits per heavy atom.